The zero-order chi connectivity index (χ0) is 10.7. The van der Waals surface area contributed by atoms with E-state index in [1.807, 2.05) is 0 Å². The molecule has 0 unspecified atom stereocenters. The molecular weight excluding hydrogens is 189 g/mol. The van der Waals surface area contributed by atoms with Crippen LogP contribution in [0, 0.1) is 15.9 Å². The molecule has 74 valence electrons. The van der Waals surface area contributed by atoms with Gasteiger partial charge in [-0.1, -0.05) is 6.07 Å². The summed E-state index contributed by atoms with van der Waals surface area (Å²) in [6.45, 7) is 3.22. The number of allylic oxidation sites excluding steroid dienone is 1. The standard InChI is InChI=1S/C9H8FNO3/c1-6(11(13)14)4-7-2-3-9(12)8(10)5-7/h2-3,5,12H,1,4H2. The summed E-state index contributed by atoms with van der Waals surface area (Å²) in [7, 11) is 0. The van der Waals surface area contributed by atoms with Crippen LogP contribution in [0.4, 0.5) is 4.39 Å². The lowest BCUT2D eigenvalue weighted by molar-refractivity contribution is -0.426. The number of aromatic hydroxyl groups is 1. The first-order valence-electron chi connectivity index (χ1n) is 3.80. The van der Waals surface area contributed by atoms with E-state index in [-0.39, 0.29) is 12.1 Å². The molecule has 4 nitrogen and oxygen atoms in total. The summed E-state index contributed by atoms with van der Waals surface area (Å²) < 4.78 is 12.8. The molecule has 0 aromatic heterocycles. The maximum Gasteiger partial charge on any atom is 0.243 e. The minimum absolute atomic E-state index is 0.0375. The third-order valence-corrected chi connectivity index (χ3v) is 1.68. The number of benzene rings is 1. The van der Waals surface area contributed by atoms with Gasteiger partial charge in [0.2, 0.25) is 5.70 Å². The van der Waals surface area contributed by atoms with Crippen LogP contribution < -0.4 is 0 Å². The molecule has 0 atom stereocenters. The van der Waals surface area contributed by atoms with Gasteiger partial charge >= 0.3 is 0 Å². The fourth-order valence-corrected chi connectivity index (χ4v) is 0.961. The van der Waals surface area contributed by atoms with Crippen molar-refractivity contribution in [2.24, 2.45) is 0 Å². The van der Waals surface area contributed by atoms with Gasteiger partial charge in [-0.25, -0.2) is 4.39 Å². The van der Waals surface area contributed by atoms with Gasteiger partial charge in [0.15, 0.2) is 11.6 Å². The number of phenolic OH excluding ortho intramolecular Hbond substituents is 1. The van der Waals surface area contributed by atoms with Gasteiger partial charge in [-0.15, -0.1) is 0 Å². The highest BCUT2D eigenvalue weighted by molar-refractivity contribution is 5.29. The van der Waals surface area contributed by atoms with Gasteiger partial charge in [-0.05, 0) is 24.3 Å². The second kappa shape index (κ2) is 3.87. The van der Waals surface area contributed by atoms with Crippen molar-refractivity contribution >= 4 is 0 Å². The molecule has 0 radical (unpaired) electrons. The summed E-state index contributed by atoms with van der Waals surface area (Å²) in [5.74, 6) is -1.26. The zero-order valence-electron chi connectivity index (χ0n) is 7.24. The lowest BCUT2D eigenvalue weighted by atomic mass is 10.1. The van der Waals surface area contributed by atoms with Crippen molar-refractivity contribution in [1.82, 2.24) is 0 Å². The lowest BCUT2D eigenvalue weighted by Gasteiger charge is -2.00. The Morgan fingerprint density at radius 1 is 1.64 bits per heavy atom. The highest BCUT2D eigenvalue weighted by Crippen LogP contribution is 2.17. The quantitative estimate of drug-likeness (QED) is 0.594. The van der Waals surface area contributed by atoms with Gasteiger partial charge in [0, 0.05) is 0 Å². The van der Waals surface area contributed by atoms with Gasteiger partial charge in [0.25, 0.3) is 0 Å². The van der Waals surface area contributed by atoms with E-state index in [2.05, 4.69) is 6.58 Å². The van der Waals surface area contributed by atoms with E-state index >= 15 is 0 Å². The van der Waals surface area contributed by atoms with Crippen molar-refractivity contribution in [3.05, 3.63) is 52.0 Å². The third-order valence-electron chi connectivity index (χ3n) is 1.68. The molecule has 0 aliphatic heterocycles. The molecule has 5 heteroatoms. The van der Waals surface area contributed by atoms with Gasteiger partial charge < -0.3 is 5.11 Å². The number of nitrogens with zero attached hydrogens (tertiary/aromatic N) is 1. The molecule has 0 fully saturated rings. The molecule has 0 saturated carbocycles. The Labute approximate surface area is 79.4 Å². The van der Waals surface area contributed by atoms with Crippen LogP contribution in [0.2, 0.25) is 0 Å². The first kappa shape index (κ1) is 10.2. The average molecular weight is 197 g/mol. The fourth-order valence-electron chi connectivity index (χ4n) is 0.961. The third kappa shape index (κ3) is 2.29. The van der Waals surface area contributed by atoms with E-state index < -0.39 is 16.5 Å². The highest BCUT2D eigenvalue weighted by Gasteiger charge is 2.09. The van der Waals surface area contributed by atoms with Crippen LogP contribution in [0.25, 0.3) is 0 Å². The summed E-state index contributed by atoms with van der Waals surface area (Å²) in [5, 5.41) is 19.1. The summed E-state index contributed by atoms with van der Waals surface area (Å²) in [6, 6.07) is 3.61. The van der Waals surface area contributed by atoms with E-state index in [9.17, 15) is 14.5 Å². The van der Waals surface area contributed by atoms with Crippen LogP contribution in [0.15, 0.2) is 30.5 Å². The molecule has 14 heavy (non-hydrogen) atoms. The second-order valence-electron chi connectivity index (χ2n) is 2.79. The van der Waals surface area contributed by atoms with E-state index in [1.54, 1.807) is 0 Å². The van der Waals surface area contributed by atoms with E-state index in [0.29, 0.717) is 5.56 Å². The number of rotatable bonds is 3. The molecule has 1 aromatic rings. The Morgan fingerprint density at radius 2 is 2.29 bits per heavy atom. The molecule has 1 N–H and O–H groups in total. The van der Waals surface area contributed by atoms with Crippen molar-refractivity contribution < 1.29 is 14.4 Å². The minimum atomic E-state index is -0.793. The summed E-state index contributed by atoms with van der Waals surface area (Å²) in [6.07, 6.45) is -0.0375. The summed E-state index contributed by atoms with van der Waals surface area (Å²) >= 11 is 0. The highest BCUT2D eigenvalue weighted by atomic mass is 19.1. The summed E-state index contributed by atoms with van der Waals surface area (Å²) in [4.78, 5) is 9.60. The van der Waals surface area contributed by atoms with E-state index in [4.69, 9.17) is 5.11 Å². The molecular formula is C9H8FNO3. The molecule has 0 spiro atoms. The van der Waals surface area contributed by atoms with E-state index in [1.165, 1.54) is 6.07 Å². The van der Waals surface area contributed by atoms with Crippen LogP contribution >= 0.6 is 0 Å². The number of phenols is 1. The summed E-state index contributed by atoms with van der Waals surface area (Å²) in [5.41, 5.74) is 0.192. The lowest BCUT2D eigenvalue weighted by Crippen LogP contribution is -2.00. The van der Waals surface area contributed by atoms with Crippen LogP contribution in [0.5, 0.6) is 5.75 Å². The van der Waals surface area contributed by atoms with Crippen molar-refractivity contribution in [3.63, 3.8) is 0 Å². The average Bonchev–Trinajstić information content (AvgIpc) is 2.11. The molecule has 0 aliphatic carbocycles. The smallest absolute Gasteiger partial charge is 0.243 e. The molecule has 0 heterocycles. The Bertz CT molecular complexity index is 390. The maximum absolute atomic E-state index is 12.8. The first-order chi connectivity index (χ1) is 6.50. The predicted molar refractivity (Wildman–Crippen MR) is 47.9 cm³/mol. The Balaban J connectivity index is 2.83. The SMILES string of the molecule is C=C(Cc1ccc(O)c(F)c1)[N+](=O)[O-]. The van der Waals surface area contributed by atoms with Gasteiger partial charge in [-0.3, -0.25) is 10.1 Å². The Kier molecular flexibility index (Phi) is 2.81. The number of halogens is 1. The van der Waals surface area contributed by atoms with Gasteiger partial charge in [0.1, 0.15) is 0 Å². The number of hydrogen-bond acceptors (Lipinski definition) is 3. The van der Waals surface area contributed by atoms with E-state index in [0.717, 1.165) is 12.1 Å². The molecule has 0 bridgehead atoms. The molecule has 0 saturated heterocycles. The largest absolute Gasteiger partial charge is 0.505 e. The van der Waals surface area contributed by atoms with Crippen molar-refractivity contribution in [2.75, 3.05) is 0 Å². The molecule has 1 rings (SSSR count). The van der Waals surface area contributed by atoms with Crippen molar-refractivity contribution in [2.45, 2.75) is 6.42 Å². The molecule has 0 amide bonds. The number of nitro groups is 1. The Morgan fingerprint density at radius 3 is 2.79 bits per heavy atom. The zero-order valence-corrected chi connectivity index (χ0v) is 7.24. The van der Waals surface area contributed by atoms with Crippen molar-refractivity contribution in [1.29, 1.82) is 0 Å². The van der Waals surface area contributed by atoms with Gasteiger partial charge in [0.05, 0.1) is 11.3 Å². The topological polar surface area (TPSA) is 63.4 Å². The maximum atomic E-state index is 12.8. The normalized spacial score (nSPS) is 9.79. The van der Waals surface area contributed by atoms with Crippen LogP contribution in [-0.2, 0) is 6.42 Å². The Hall–Kier alpha value is -1.91. The van der Waals surface area contributed by atoms with Crippen LogP contribution in [0.3, 0.4) is 0 Å². The fraction of sp³-hybridized carbons (Fsp3) is 0.111. The predicted octanol–water partition coefficient (Wildman–Crippen LogP) is 1.86. The second-order valence-corrected chi connectivity index (χ2v) is 2.79. The monoisotopic (exact) mass is 197 g/mol. The minimum Gasteiger partial charge on any atom is -0.505 e. The molecule has 1 aromatic carbocycles. The van der Waals surface area contributed by atoms with Crippen molar-refractivity contribution in [3.8, 4) is 5.75 Å². The van der Waals surface area contributed by atoms with Gasteiger partial charge in [-0.2, -0.15) is 0 Å². The van der Waals surface area contributed by atoms with Crippen LogP contribution in [-0.4, -0.2) is 10.0 Å². The first-order valence-corrected chi connectivity index (χ1v) is 3.80. The molecule has 0 aliphatic rings. The van der Waals surface area contributed by atoms with Crippen LogP contribution in [0.1, 0.15) is 5.56 Å². The number of hydrogen-bond donors (Lipinski definition) is 1.